The molecule has 1 atom stereocenters. The van der Waals surface area contributed by atoms with E-state index in [1.807, 2.05) is 30.3 Å². The highest BCUT2D eigenvalue weighted by atomic mass is 127. The Kier molecular flexibility index (Phi) is 9.75. The fraction of sp³-hybridized carbons (Fsp3) is 0.409. The highest BCUT2D eigenvalue weighted by molar-refractivity contribution is 5.90. The van der Waals surface area contributed by atoms with Crippen molar-refractivity contribution in [2.24, 2.45) is 0 Å². The van der Waals surface area contributed by atoms with Crippen LogP contribution in [-0.2, 0) is 4.74 Å². The minimum Gasteiger partial charge on any atom is -1.00 e. The van der Waals surface area contributed by atoms with Crippen molar-refractivity contribution < 1.29 is 47.5 Å². The molecule has 0 saturated carbocycles. The summed E-state index contributed by atoms with van der Waals surface area (Å²) in [4.78, 5) is 12.9. The molecule has 0 N–H and O–H groups in total. The summed E-state index contributed by atoms with van der Waals surface area (Å²) in [7, 11) is 5.29. The average molecular weight is 499 g/mol. The van der Waals surface area contributed by atoms with E-state index in [-0.39, 0.29) is 36.0 Å². The van der Waals surface area contributed by atoms with Crippen LogP contribution in [0.1, 0.15) is 35.9 Å². The molecule has 0 aromatic heterocycles. The number of halogens is 1. The molecular weight excluding hydrogens is 469 g/mol. The number of nitrogens with zero attached hydrogens (tertiary/aromatic N) is 1. The van der Waals surface area contributed by atoms with Crippen molar-refractivity contribution in [2.45, 2.75) is 20.0 Å². The lowest BCUT2D eigenvalue weighted by atomic mass is 10.1. The van der Waals surface area contributed by atoms with Crippen LogP contribution in [0.15, 0.2) is 48.5 Å². The molecule has 5 nitrogen and oxygen atoms in total. The van der Waals surface area contributed by atoms with Crippen LogP contribution in [0.25, 0.3) is 0 Å². The predicted molar refractivity (Wildman–Crippen MR) is 106 cm³/mol. The van der Waals surface area contributed by atoms with E-state index in [1.165, 1.54) is 0 Å². The quantitative estimate of drug-likeness (QED) is 0.295. The van der Waals surface area contributed by atoms with Gasteiger partial charge in [-0.25, -0.2) is 4.79 Å². The van der Waals surface area contributed by atoms with E-state index in [0.717, 1.165) is 23.1 Å². The smallest absolute Gasteiger partial charge is 0.339 e. The molecule has 0 fully saturated rings. The van der Waals surface area contributed by atoms with Gasteiger partial charge in [0.15, 0.2) is 6.10 Å². The summed E-state index contributed by atoms with van der Waals surface area (Å²) >= 11 is 0. The van der Waals surface area contributed by atoms with Gasteiger partial charge in [0.1, 0.15) is 18.0 Å². The van der Waals surface area contributed by atoms with Gasteiger partial charge >= 0.3 is 5.97 Å². The van der Waals surface area contributed by atoms with Gasteiger partial charge < -0.3 is 42.7 Å². The van der Waals surface area contributed by atoms with Gasteiger partial charge in [-0.1, -0.05) is 30.3 Å². The second kappa shape index (κ2) is 11.3. The molecule has 6 heteroatoms. The first-order chi connectivity index (χ1) is 12.9. The Morgan fingerprint density at radius 1 is 0.964 bits per heavy atom. The SMILES string of the molecule is CC[N+](C)(CC)CC(OC(=O)c1cc(OC)cc(OC)c1)c1ccccc1.[I-]. The van der Waals surface area contributed by atoms with Crippen LogP contribution < -0.4 is 33.5 Å². The number of hydrogen-bond acceptors (Lipinski definition) is 4. The van der Waals surface area contributed by atoms with Crippen molar-refractivity contribution in [3.8, 4) is 11.5 Å². The van der Waals surface area contributed by atoms with Gasteiger partial charge in [0.05, 0.1) is 39.9 Å². The zero-order valence-electron chi connectivity index (χ0n) is 17.3. The number of hydrogen-bond donors (Lipinski definition) is 0. The minimum absolute atomic E-state index is 0. The van der Waals surface area contributed by atoms with Crippen LogP contribution in [0, 0.1) is 0 Å². The maximum absolute atomic E-state index is 12.9. The highest BCUT2D eigenvalue weighted by Gasteiger charge is 2.28. The third-order valence-electron chi connectivity index (χ3n) is 5.14. The average Bonchev–Trinajstić information content (AvgIpc) is 2.73. The maximum atomic E-state index is 12.9. The van der Waals surface area contributed by atoms with Crippen LogP contribution in [0.3, 0.4) is 0 Å². The first-order valence-corrected chi connectivity index (χ1v) is 9.27. The number of likely N-dealkylation sites (N-methyl/N-ethyl adjacent to an activating group) is 1. The summed E-state index contributed by atoms with van der Waals surface area (Å²) in [6.07, 6.45) is -0.333. The minimum atomic E-state index is -0.389. The van der Waals surface area contributed by atoms with E-state index in [9.17, 15) is 4.79 Å². The van der Waals surface area contributed by atoms with E-state index < -0.39 is 0 Å². The van der Waals surface area contributed by atoms with Gasteiger partial charge in [0.25, 0.3) is 0 Å². The van der Waals surface area contributed by atoms with Crippen molar-refractivity contribution in [1.29, 1.82) is 0 Å². The molecule has 0 aliphatic rings. The summed E-state index contributed by atoms with van der Waals surface area (Å²) in [6.45, 7) is 6.94. The number of methoxy groups -OCH3 is 2. The Labute approximate surface area is 185 Å². The lowest BCUT2D eigenvalue weighted by Crippen LogP contribution is -3.00. The number of rotatable bonds is 9. The fourth-order valence-corrected chi connectivity index (χ4v) is 2.88. The van der Waals surface area contributed by atoms with Gasteiger partial charge in [-0.2, -0.15) is 0 Å². The molecular formula is C22H30INO4. The van der Waals surface area contributed by atoms with Crippen LogP contribution in [0.2, 0.25) is 0 Å². The standard InChI is InChI=1S/C22H30NO4.HI/c1-6-23(3,7-2)16-21(17-11-9-8-10-12-17)27-22(24)18-13-19(25-4)15-20(14-18)26-5;/h8-15,21H,6-7,16H2,1-5H3;1H/q+1;/p-1. The van der Waals surface area contributed by atoms with Crippen LogP contribution >= 0.6 is 0 Å². The molecule has 2 rings (SSSR count). The number of ether oxygens (including phenoxy) is 3. The molecule has 0 spiro atoms. The number of esters is 1. The van der Waals surface area contributed by atoms with Crippen molar-refractivity contribution >= 4 is 5.97 Å². The maximum Gasteiger partial charge on any atom is 0.339 e. The number of benzene rings is 2. The Morgan fingerprint density at radius 2 is 1.50 bits per heavy atom. The molecule has 0 bridgehead atoms. The molecule has 1 unspecified atom stereocenters. The summed E-state index contributed by atoms with van der Waals surface area (Å²) in [5.41, 5.74) is 1.40. The van der Waals surface area contributed by atoms with Crippen molar-refractivity contribution in [2.75, 3.05) is 40.9 Å². The van der Waals surface area contributed by atoms with Crippen molar-refractivity contribution in [3.63, 3.8) is 0 Å². The predicted octanol–water partition coefficient (Wildman–Crippen LogP) is 1.09. The summed E-state index contributed by atoms with van der Waals surface area (Å²) in [5.74, 6) is 0.723. The number of carbonyl (C=O) groups excluding carboxylic acids is 1. The third kappa shape index (κ3) is 6.38. The Morgan fingerprint density at radius 3 is 1.96 bits per heavy atom. The molecule has 2 aromatic carbocycles. The van der Waals surface area contributed by atoms with Gasteiger partial charge in [-0.3, -0.25) is 0 Å². The molecule has 0 saturated heterocycles. The topological polar surface area (TPSA) is 44.8 Å². The molecule has 0 radical (unpaired) electrons. The van der Waals surface area contributed by atoms with E-state index in [1.54, 1.807) is 32.4 Å². The van der Waals surface area contributed by atoms with Gasteiger partial charge in [-0.05, 0) is 31.5 Å². The molecule has 0 aliphatic carbocycles. The van der Waals surface area contributed by atoms with Crippen LogP contribution in [0.4, 0.5) is 0 Å². The third-order valence-corrected chi connectivity index (χ3v) is 5.14. The van der Waals surface area contributed by atoms with Crippen LogP contribution in [0.5, 0.6) is 11.5 Å². The monoisotopic (exact) mass is 499 g/mol. The second-order valence-corrected chi connectivity index (χ2v) is 6.84. The van der Waals surface area contributed by atoms with E-state index in [2.05, 4.69) is 20.9 Å². The Hall–Kier alpha value is -1.80. The van der Waals surface area contributed by atoms with E-state index >= 15 is 0 Å². The number of carbonyl (C=O) groups is 1. The molecule has 0 amide bonds. The van der Waals surface area contributed by atoms with E-state index in [4.69, 9.17) is 14.2 Å². The van der Waals surface area contributed by atoms with E-state index in [0.29, 0.717) is 23.6 Å². The second-order valence-electron chi connectivity index (χ2n) is 6.84. The first kappa shape index (κ1) is 24.2. The molecule has 0 aliphatic heterocycles. The zero-order chi connectivity index (χ0) is 19.9. The Balaban J connectivity index is 0.00000392. The summed E-state index contributed by atoms with van der Waals surface area (Å²) in [6, 6.07) is 15.0. The fourth-order valence-electron chi connectivity index (χ4n) is 2.88. The lowest BCUT2D eigenvalue weighted by molar-refractivity contribution is -0.909. The normalized spacial score (nSPS) is 11.9. The molecule has 2 aromatic rings. The van der Waals surface area contributed by atoms with Crippen LogP contribution in [-0.4, -0.2) is 51.4 Å². The van der Waals surface area contributed by atoms with Gasteiger partial charge in [0.2, 0.25) is 0 Å². The largest absolute Gasteiger partial charge is 1.00 e. The number of quaternary nitrogens is 1. The van der Waals surface area contributed by atoms with Crippen molar-refractivity contribution in [3.05, 3.63) is 59.7 Å². The Bertz CT molecular complexity index is 725. The molecule has 0 heterocycles. The summed E-state index contributed by atoms with van der Waals surface area (Å²) in [5, 5.41) is 0. The highest BCUT2D eigenvalue weighted by Crippen LogP contribution is 2.27. The lowest BCUT2D eigenvalue weighted by Gasteiger charge is -2.35. The first-order valence-electron chi connectivity index (χ1n) is 9.27. The molecule has 154 valence electrons. The molecule has 28 heavy (non-hydrogen) atoms. The van der Waals surface area contributed by atoms with Gasteiger partial charge in [-0.15, -0.1) is 0 Å². The van der Waals surface area contributed by atoms with Crippen molar-refractivity contribution in [1.82, 2.24) is 0 Å². The van der Waals surface area contributed by atoms with Gasteiger partial charge in [0, 0.05) is 6.07 Å². The summed E-state index contributed by atoms with van der Waals surface area (Å²) < 4.78 is 17.3. The zero-order valence-corrected chi connectivity index (χ0v) is 19.4.